The monoisotopic (exact) mass is 432 g/mol. The molecule has 2 saturated carbocycles. The van der Waals surface area contributed by atoms with Gasteiger partial charge in [0.25, 0.3) is 0 Å². The van der Waals surface area contributed by atoms with Crippen LogP contribution in [0.1, 0.15) is 81.5 Å². The Hall–Kier alpha value is -2.77. The van der Waals surface area contributed by atoms with E-state index in [1.54, 1.807) is 13.0 Å². The van der Waals surface area contributed by atoms with Gasteiger partial charge in [0, 0.05) is 11.4 Å². The number of benzene rings is 1. The summed E-state index contributed by atoms with van der Waals surface area (Å²) < 4.78 is 16.0. The molecular weight excluding hydrogens is 400 g/mol. The fraction of sp³-hybridized carbons (Fsp3) is 0.609. The zero-order valence-corrected chi connectivity index (χ0v) is 18.1. The van der Waals surface area contributed by atoms with Crippen molar-refractivity contribution in [2.75, 3.05) is 17.2 Å². The second-order valence-corrected chi connectivity index (χ2v) is 8.10. The van der Waals surface area contributed by atoms with Gasteiger partial charge in [0.1, 0.15) is 12.2 Å². The Morgan fingerprint density at radius 1 is 0.774 bits per heavy atom. The molecular formula is C23H32N2O6. The van der Waals surface area contributed by atoms with Gasteiger partial charge >= 0.3 is 18.2 Å². The molecule has 0 saturated heterocycles. The highest BCUT2D eigenvalue weighted by Crippen LogP contribution is 2.24. The molecule has 3 rings (SSSR count). The van der Waals surface area contributed by atoms with E-state index in [1.165, 1.54) is 12.1 Å². The Balaban J connectivity index is 1.67. The lowest BCUT2D eigenvalue weighted by molar-refractivity contribution is 0.0525. The summed E-state index contributed by atoms with van der Waals surface area (Å²) in [5, 5.41) is 5.32. The number of carbonyl (C=O) groups is 3. The first-order chi connectivity index (χ1) is 15.0. The molecule has 8 heteroatoms. The minimum Gasteiger partial charge on any atom is -0.462 e. The van der Waals surface area contributed by atoms with Gasteiger partial charge in [-0.25, -0.2) is 14.4 Å². The summed E-state index contributed by atoms with van der Waals surface area (Å²) in [6, 6.07) is 4.56. The Morgan fingerprint density at radius 3 is 1.65 bits per heavy atom. The van der Waals surface area contributed by atoms with Gasteiger partial charge in [-0.1, -0.05) is 12.8 Å². The van der Waals surface area contributed by atoms with Gasteiger partial charge in [-0.2, -0.15) is 0 Å². The zero-order chi connectivity index (χ0) is 22.1. The van der Waals surface area contributed by atoms with Gasteiger partial charge < -0.3 is 14.2 Å². The summed E-state index contributed by atoms with van der Waals surface area (Å²) in [6.45, 7) is 1.93. The molecule has 0 heterocycles. The normalized spacial score (nSPS) is 17.5. The number of esters is 1. The van der Waals surface area contributed by atoms with E-state index in [9.17, 15) is 14.4 Å². The Labute approximate surface area is 183 Å². The quantitative estimate of drug-likeness (QED) is 0.446. The van der Waals surface area contributed by atoms with E-state index >= 15 is 0 Å². The van der Waals surface area contributed by atoms with Crippen molar-refractivity contribution in [3.05, 3.63) is 23.8 Å². The molecule has 1 aromatic carbocycles. The lowest BCUT2D eigenvalue weighted by Gasteiger charge is -2.22. The third-order valence-electron chi connectivity index (χ3n) is 5.59. The van der Waals surface area contributed by atoms with E-state index in [-0.39, 0.29) is 24.4 Å². The van der Waals surface area contributed by atoms with Crippen LogP contribution < -0.4 is 10.6 Å². The van der Waals surface area contributed by atoms with Crippen LogP contribution >= 0.6 is 0 Å². The van der Waals surface area contributed by atoms with Crippen LogP contribution in [0.15, 0.2) is 18.2 Å². The minimum atomic E-state index is -0.580. The lowest BCUT2D eigenvalue weighted by Crippen LogP contribution is -2.25. The molecule has 0 aromatic heterocycles. The smallest absolute Gasteiger partial charge is 0.411 e. The van der Waals surface area contributed by atoms with Crippen molar-refractivity contribution in [2.24, 2.45) is 0 Å². The number of rotatable bonds is 6. The van der Waals surface area contributed by atoms with Gasteiger partial charge in [-0.05, 0) is 76.5 Å². The number of ether oxygens (including phenoxy) is 3. The van der Waals surface area contributed by atoms with E-state index in [0.29, 0.717) is 11.4 Å². The van der Waals surface area contributed by atoms with E-state index in [2.05, 4.69) is 10.6 Å². The maximum atomic E-state index is 12.3. The van der Waals surface area contributed by atoms with Crippen LogP contribution in [-0.2, 0) is 14.2 Å². The van der Waals surface area contributed by atoms with Crippen LogP contribution in [0.25, 0.3) is 0 Å². The van der Waals surface area contributed by atoms with Crippen LogP contribution in [0.5, 0.6) is 0 Å². The number of hydrogen-bond acceptors (Lipinski definition) is 6. The summed E-state index contributed by atoms with van der Waals surface area (Å²) in [5.41, 5.74) is 0.879. The summed E-state index contributed by atoms with van der Waals surface area (Å²) in [7, 11) is 0. The summed E-state index contributed by atoms with van der Waals surface area (Å²) >= 11 is 0. The van der Waals surface area contributed by atoms with Crippen LogP contribution in [0, 0.1) is 0 Å². The standard InChI is InChI=1S/C23H32N2O6/c1-2-29-21(26)16-13-17(24-22(27)30-19-9-5-3-6-10-19)15-18(14-16)25-23(28)31-20-11-7-4-8-12-20/h13-15,19-20H,2-12H2,1H3,(H,24,27)(H,25,28). The van der Waals surface area contributed by atoms with Crippen LogP contribution in [0.2, 0.25) is 0 Å². The molecule has 0 unspecified atom stereocenters. The topological polar surface area (TPSA) is 103 Å². The molecule has 170 valence electrons. The minimum absolute atomic E-state index is 0.0925. The van der Waals surface area contributed by atoms with Crippen molar-refractivity contribution in [2.45, 2.75) is 83.3 Å². The van der Waals surface area contributed by atoms with Crippen molar-refractivity contribution in [3.63, 3.8) is 0 Å². The van der Waals surface area contributed by atoms with Gasteiger partial charge in [0.05, 0.1) is 12.2 Å². The van der Waals surface area contributed by atoms with Crippen molar-refractivity contribution in [3.8, 4) is 0 Å². The molecule has 0 aliphatic heterocycles. The van der Waals surface area contributed by atoms with Crippen molar-refractivity contribution in [1.29, 1.82) is 0 Å². The second-order valence-electron chi connectivity index (χ2n) is 8.10. The molecule has 0 spiro atoms. The predicted molar refractivity (Wildman–Crippen MR) is 116 cm³/mol. The fourth-order valence-electron chi connectivity index (χ4n) is 4.07. The maximum absolute atomic E-state index is 12.3. The molecule has 1 aromatic rings. The van der Waals surface area contributed by atoms with E-state index < -0.39 is 18.2 Å². The van der Waals surface area contributed by atoms with E-state index in [4.69, 9.17) is 14.2 Å². The van der Waals surface area contributed by atoms with E-state index in [1.807, 2.05) is 0 Å². The molecule has 0 atom stereocenters. The molecule has 0 radical (unpaired) electrons. The summed E-state index contributed by atoms with van der Waals surface area (Å²) in [4.78, 5) is 36.9. The van der Waals surface area contributed by atoms with Crippen molar-refractivity contribution in [1.82, 2.24) is 0 Å². The van der Waals surface area contributed by atoms with Gasteiger partial charge in [0.15, 0.2) is 0 Å². The average Bonchev–Trinajstić information content (AvgIpc) is 2.75. The highest BCUT2D eigenvalue weighted by atomic mass is 16.6. The van der Waals surface area contributed by atoms with Gasteiger partial charge in [-0.15, -0.1) is 0 Å². The number of hydrogen-bond donors (Lipinski definition) is 2. The lowest BCUT2D eigenvalue weighted by atomic mass is 9.98. The third kappa shape index (κ3) is 7.45. The highest BCUT2D eigenvalue weighted by molar-refractivity contribution is 5.96. The fourth-order valence-corrected chi connectivity index (χ4v) is 4.07. The van der Waals surface area contributed by atoms with Crippen LogP contribution in [-0.4, -0.2) is 37.0 Å². The SMILES string of the molecule is CCOC(=O)c1cc(NC(=O)OC2CCCCC2)cc(NC(=O)OC2CCCCC2)c1. The zero-order valence-electron chi connectivity index (χ0n) is 18.1. The molecule has 2 aliphatic rings. The number of amides is 2. The molecule has 8 nitrogen and oxygen atoms in total. The first-order valence-electron chi connectivity index (χ1n) is 11.3. The third-order valence-corrected chi connectivity index (χ3v) is 5.59. The largest absolute Gasteiger partial charge is 0.462 e. The van der Waals surface area contributed by atoms with Crippen LogP contribution in [0.4, 0.5) is 21.0 Å². The Morgan fingerprint density at radius 2 is 1.23 bits per heavy atom. The van der Waals surface area contributed by atoms with Crippen molar-refractivity contribution < 1.29 is 28.6 Å². The first kappa shape index (κ1) is 22.9. The molecule has 0 bridgehead atoms. The maximum Gasteiger partial charge on any atom is 0.411 e. The highest BCUT2D eigenvalue weighted by Gasteiger charge is 2.20. The molecule has 2 aliphatic carbocycles. The predicted octanol–water partition coefficient (Wildman–Crippen LogP) is 5.63. The first-order valence-corrected chi connectivity index (χ1v) is 11.3. The summed E-state index contributed by atoms with van der Waals surface area (Å²) in [6.07, 6.45) is 8.60. The average molecular weight is 433 g/mol. The van der Waals surface area contributed by atoms with Crippen LogP contribution in [0.3, 0.4) is 0 Å². The molecule has 2 amide bonds. The van der Waals surface area contributed by atoms with E-state index in [0.717, 1.165) is 64.2 Å². The van der Waals surface area contributed by atoms with Gasteiger partial charge in [-0.3, -0.25) is 10.6 Å². The molecule has 2 N–H and O–H groups in total. The number of nitrogens with one attached hydrogen (secondary N) is 2. The Bertz CT molecular complexity index is 717. The second kappa shape index (κ2) is 11.6. The van der Waals surface area contributed by atoms with Crippen molar-refractivity contribution >= 4 is 29.5 Å². The molecule has 31 heavy (non-hydrogen) atoms. The van der Waals surface area contributed by atoms with Gasteiger partial charge in [0.2, 0.25) is 0 Å². The summed E-state index contributed by atoms with van der Waals surface area (Å²) in [5.74, 6) is -0.546. The number of carbonyl (C=O) groups excluding carboxylic acids is 3. The molecule has 2 fully saturated rings. The Kier molecular flexibility index (Phi) is 8.55. The number of anilines is 2.